The van der Waals surface area contributed by atoms with Gasteiger partial charge in [0.05, 0.1) is 7.11 Å². The molecule has 42 valence electrons. The van der Waals surface area contributed by atoms with Crippen molar-refractivity contribution in [1.82, 2.24) is 0 Å². The van der Waals surface area contributed by atoms with Crippen LogP contribution in [0.4, 0.5) is 0 Å². The normalized spacial score (nSPS) is 9.14. The first-order valence-corrected chi connectivity index (χ1v) is 1.77. The fourth-order valence-corrected chi connectivity index (χ4v) is 0.136. The fourth-order valence-electron chi connectivity index (χ4n) is 0.136. The van der Waals surface area contributed by atoms with Crippen LogP contribution in [0.15, 0.2) is 0 Å². The van der Waals surface area contributed by atoms with Gasteiger partial charge < -0.3 is 16.2 Å². The van der Waals surface area contributed by atoms with E-state index in [-0.39, 0.29) is 0 Å². The summed E-state index contributed by atoms with van der Waals surface area (Å²) in [5.41, 5.74) is 9.70. The maximum atomic E-state index is 10.0. The molecule has 4 nitrogen and oxygen atoms in total. The van der Waals surface area contributed by atoms with E-state index >= 15 is 0 Å². The van der Waals surface area contributed by atoms with E-state index in [1.54, 1.807) is 0 Å². The highest BCUT2D eigenvalue weighted by Gasteiger charge is 2.04. The van der Waals surface area contributed by atoms with Crippen LogP contribution in [0, 0.1) is 0 Å². The summed E-state index contributed by atoms with van der Waals surface area (Å²) in [4.78, 5) is 10.0. The van der Waals surface area contributed by atoms with Gasteiger partial charge in [-0.25, -0.2) is 4.79 Å². The molecule has 4 heteroatoms. The number of ether oxygens (including phenoxy) is 1. The summed E-state index contributed by atoms with van der Waals surface area (Å²) < 4.78 is 4.12. The van der Waals surface area contributed by atoms with Gasteiger partial charge in [-0.15, -0.1) is 0 Å². The molecule has 0 aliphatic carbocycles. The molecule has 0 unspecified atom stereocenters. The highest BCUT2D eigenvalue weighted by atomic mass is 16.5. The van der Waals surface area contributed by atoms with Gasteiger partial charge in [-0.05, 0) is 0 Å². The lowest BCUT2D eigenvalue weighted by Crippen LogP contribution is -2.39. The van der Waals surface area contributed by atoms with Crippen LogP contribution in [-0.4, -0.2) is 19.2 Å². The van der Waals surface area contributed by atoms with Crippen molar-refractivity contribution in [3.8, 4) is 0 Å². The lowest BCUT2D eigenvalue weighted by molar-refractivity contribution is -0.142. The number of nitrogens with two attached hydrogens (primary N) is 2. The van der Waals surface area contributed by atoms with Gasteiger partial charge in [0, 0.05) is 0 Å². The second kappa shape index (κ2) is 2.54. The maximum absolute atomic E-state index is 10.0. The molecule has 0 aromatic rings. The second-order valence-electron chi connectivity index (χ2n) is 1.05. The molecule has 0 fully saturated rings. The maximum Gasteiger partial charge on any atom is 0.337 e. The van der Waals surface area contributed by atoms with Crippen molar-refractivity contribution < 1.29 is 9.53 Å². The molecule has 0 heterocycles. The third-order valence-electron chi connectivity index (χ3n) is 0.473. The van der Waals surface area contributed by atoms with Crippen LogP contribution >= 0.6 is 0 Å². The Kier molecular flexibility index (Phi) is 2.32. The van der Waals surface area contributed by atoms with Gasteiger partial charge in [-0.2, -0.15) is 0 Å². The molecule has 0 bridgehead atoms. The SMILES string of the molecule is COC(=O)C(N)N. The average Bonchev–Trinajstić information content (AvgIpc) is 1.65. The van der Waals surface area contributed by atoms with Gasteiger partial charge in [0.1, 0.15) is 0 Å². The van der Waals surface area contributed by atoms with E-state index in [2.05, 4.69) is 4.74 Å². The molecule has 0 radical (unpaired) electrons. The predicted octanol–water partition coefficient (Wildman–Crippen LogP) is -1.60. The zero-order valence-corrected chi connectivity index (χ0v) is 4.05. The number of carbonyl (C=O) groups is 1. The molecule has 0 spiro atoms. The monoisotopic (exact) mass is 104 g/mol. The van der Waals surface area contributed by atoms with Crippen LogP contribution in [0.2, 0.25) is 0 Å². The number of methoxy groups -OCH3 is 1. The molecule has 0 aliphatic heterocycles. The van der Waals surface area contributed by atoms with Crippen LogP contribution in [0.5, 0.6) is 0 Å². The highest BCUT2D eigenvalue weighted by molar-refractivity contribution is 5.74. The van der Waals surface area contributed by atoms with Crippen LogP contribution in [0.25, 0.3) is 0 Å². The summed E-state index contributed by atoms with van der Waals surface area (Å²) in [6, 6.07) is 0. The van der Waals surface area contributed by atoms with E-state index in [1.807, 2.05) is 0 Å². The van der Waals surface area contributed by atoms with Crippen molar-refractivity contribution in [2.24, 2.45) is 11.5 Å². The molecule has 0 rings (SSSR count). The number of carbonyl (C=O) groups excluding carboxylic acids is 1. The highest BCUT2D eigenvalue weighted by Crippen LogP contribution is 1.69. The molecule has 0 aromatic heterocycles. The molecule has 0 aromatic carbocycles. The van der Waals surface area contributed by atoms with E-state index in [1.165, 1.54) is 7.11 Å². The predicted molar refractivity (Wildman–Crippen MR) is 24.2 cm³/mol. The Hall–Kier alpha value is -0.610. The Balaban J connectivity index is 3.35. The largest absolute Gasteiger partial charge is 0.467 e. The summed E-state index contributed by atoms with van der Waals surface area (Å²) in [6.07, 6.45) is -0.995. The molecule has 0 saturated heterocycles. The van der Waals surface area contributed by atoms with Gasteiger partial charge in [-0.3, -0.25) is 0 Å². The molecule has 0 aliphatic rings. The molecule has 0 saturated carbocycles. The lowest BCUT2D eigenvalue weighted by Gasteiger charge is -1.98. The van der Waals surface area contributed by atoms with Crippen molar-refractivity contribution in [1.29, 1.82) is 0 Å². The zero-order chi connectivity index (χ0) is 5.86. The molecular formula is C3H8N2O2. The minimum Gasteiger partial charge on any atom is -0.467 e. The average molecular weight is 104 g/mol. The Morgan fingerprint density at radius 3 is 2.14 bits per heavy atom. The van der Waals surface area contributed by atoms with E-state index in [0.717, 1.165) is 0 Å². The number of rotatable bonds is 1. The molecule has 7 heavy (non-hydrogen) atoms. The summed E-state index contributed by atoms with van der Waals surface area (Å²) in [7, 11) is 1.23. The van der Waals surface area contributed by atoms with Gasteiger partial charge in [-0.1, -0.05) is 0 Å². The van der Waals surface area contributed by atoms with Crippen molar-refractivity contribution >= 4 is 5.97 Å². The molecule has 0 atom stereocenters. The Morgan fingerprint density at radius 2 is 2.14 bits per heavy atom. The zero-order valence-electron chi connectivity index (χ0n) is 4.05. The quantitative estimate of drug-likeness (QED) is 0.310. The second-order valence-corrected chi connectivity index (χ2v) is 1.05. The van der Waals surface area contributed by atoms with E-state index in [9.17, 15) is 4.79 Å². The van der Waals surface area contributed by atoms with Crippen molar-refractivity contribution in [3.63, 3.8) is 0 Å². The van der Waals surface area contributed by atoms with Crippen LogP contribution in [0.3, 0.4) is 0 Å². The first kappa shape index (κ1) is 6.39. The first-order chi connectivity index (χ1) is 3.18. The van der Waals surface area contributed by atoms with Gasteiger partial charge in [0.2, 0.25) is 0 Å². The number of hydrogen-bond acceptors (Lipinski definition) is 4. The summed E-state index contributed by atoms with van der Waals surface area (Å²) in [5, 5.41) is 0. The summed E-state index contributed by atoms with van der Waals surface area (Å²) >= 11 is 0. The molecule has 4 N–H and O–H groups in total. The topological polar surface area (TPSA) is 78.3 Å². The summed E-state index contributed by atoms with van der Waals surface area (Å²) in [5.74, 6) is -0.597. The molecular weight excluding hydrogens is 96.0 g/mol. The smallest absolute Gasteiger partial charge is 0.337 e. The van der Waals surface area contributed by atoms with Crippen molar-refractivity contribution in [2.75, 3.05) is 7.11 Å². The van der Waals surface area contributed by atoms with Crippen LogP contribution in [-0.2, 0) is 9.53 Å². The van der Waals surface area contributed by atoms with E-state index in [0.29, 0.717) is 0 Å². The standard InChI is InChI=1S/C3H8N2O2/c1-7-3(6)2(4)5/h2H,4-5H2,1H3. The minimum atomic E-state index is -0.995. The van der Waals surface area contributed by atoms with Crippen LogP contribution < -0.4 is 11.5 Å². The lowest BCUT2D eigenvalue weighted by atomic mass is 10.6. The van der Waals surface area contributed by atoms with Gasteiger partial charge in [0.15, 0.2) is 6.17 Å². The van der Waals surface area contributed by atoms with E-state index < -0.39 is 12.1 Å². The number of esters is 1. The van der Waals surface area contributed by atoms with E-state index in [4.69, 9.17) is 11.5 Å². The van der Waals surface area contributed by atoms with Gasteiger partial charge in [0.25, 0.3) is 0 Å². The number of hydrogen-bond donors (Lipinski definition) is 2. The minimum absolute atomic E-state index is 0.597. The van der Waals surface area contributed by atoms with Gasteiger partial charge >= 0.3 is 5.97 Å². The Labute approximate surface area is 41.4 Å². The third kappa shape index (κ3) is 2.13. The third-order valence-corrected chi connectivity index (χ3v) is 0.473. The van der Waals surface area contributed by atoms with Crippen molar-refractivity contribution in [3.05, 3.63) is 0 Å². The Morgan fingerprint density at radius 1 is 1.71 bits per heavy atom. The first-order valence-electron chi connectivity index (χ1n) is 1.77. The summed E-state index contributed by atoms with van der Waals surface area (Å²) in [6.45, 7) is 0. The molecule has 0 amide bonds. The van der Waals surface area contributed by atoms with Crippen LogP contribution in [0.1, 0.15) is 0 Å². The Bertz CT molecular complexity index is 71.3. The fraction of sp³-hybridized carbons (Fsp3) is 0.667. The van der Waals surface area contributed by atoms with Crippen molar-refractivity contribution in [2.45, 2.75) is 6.17 Å².